The van der Waals surface area contributed by atoms with E-state index in [1.165, 1.54) is 0 Å². The van der Waals surface area contributed by atoms with Gasteiger partial charge in [0.05, 0.1) is 30.4 Å². The van der Waals surface area contributed by atoms with Crippen molar-refractivity contribution in [2.45, 2.75) is 24.4 Å². The third-order valence-corrected chi connectivity index (χ3v) is 6.98. The van der Waals surface area contributed by atoms with Crippen LogP contribution in [0.15, 0.2) is 77.7 Å². The second-order valence-electron chi connectivity index (χ2n) is 7.56. The summed E-state index contributed by atoms with van der Waals surface area (Å²) >= 11 is 0. The molecule has 0 spiro atoms. The Labute approximate surface area is 194 Å². The molecule has 3 rings (SSSR count). The number of para-hydroxylation sites is 1. The lowest BCUT2D eigenvalue weighted by molar-refractivity contribution is 0.0951. The first-order valence-electron chi connectivity index (χ1n) is 10.5. The van der Waals surface area contributed by atoms with Crippen LogP contribution in [0.5, 0.6) is 11.5 Å². The van der Waals surface area contributed by atoms with Gasteiger partial charge >= 0.3 is 0 Å². The standard InChI is InChI=1S/C25H28N2O5S/c1-18(17-33(29,30)20-9-5-4-6-10-20)27-22-12-8-7-11-21(22)25(28)26-16-19-13-14-23(31-2)24(15-19)32-3/h4-15,18,27H,16-17H2,1-3H3,(H,26,28). The van der Waals surface area contributed by atoms with Crippen molar-refractivity contribution in [1.82, 2.24) is 5.32 Å². The topological polar surface area (TPSA) is 93.7 Å². The minimum atomic E-state index is -3.46. The van der Waals surface area contributed by atoms with E-state index < -0.39 is 15.9 Å². The van der Waals surface area contributed by atoms with Gasteiger partial charge in [-0.25, -0.2) is 8.42 Å². The van der Waals surface area contributed by atoms with Gasteiger partial charge in [-0.05, 0) is 48.9 Å². The van der Waals surface area contributed by atoms with Crippen molar-refractivity contribution in [2.75, 3.05) is 25.3 Å². The molecule has 0 heterocycles. The van der Waals surface area contributed by atoms with Gasteiger partial charge in [-0.1, -0.05) is 36.4 Å². The number of benzene rings is 3. The molecule has 3 aromatic rings. The normalized spacial score (nSPS) is 12.0. The maximum atomic E-state index is 12.9. The fourth-order valence-electron chi connectivity index (χ4n) is 3.44. The maximum Gasteiger partial charge on any atom is 0.253 e. The number of nitrogens with one attached hydrogen (secondary N) is 2. The van der Waals surface area contributed by atoms with E-state index in [2.05, 4.69) is 10.6 Å². The summed E-state index contributed by atoms with van der Waals surface area (Å²) in [6.45, 7) is 2.07. The number of carbonyl (C=O) groups excluding carboxylic acids is 1. The molecule has 0 aliphatic rings. The predicted octanol–water partition coefficient (Wildman–Crippen LogP) is 3.91. The summed E-state index contributed by atoms with van der Waals surface area (Å²) in [5.41, 5.74) is 1.86. The highest BCUT2D eigenvalue weighted by molar-refractivity contribution is 7.91. The molecule has 3 aromatic carbocycles. The molecule has 0 aromatic heterocycles. The molecule has 33 heavy (non-hydrogen) atoms. The average molecular weight is 469 g/mol. The smallest absolute Gasteiger partial charge is 0.253 e. The molecule has 1 unspecified atom stereocenters. The number of amides is 1. The molecule has 0 bridgehead atoms. The minimum absolute atomic E-state index is 0.0986. The van der Waals surface area contributed by atoms with Crippen molar-refractivity contribution < 1.29 is 22.7 Å². The molecule has 0 radical (unpaired) electrons. The van der Waals surface area contributed by atoms with E-state index in [-0.39, 0.29) is 16.6 Å². The van der Waals surface area contributed by atoms with Gasteiger partial charge in [-0.3, -0.25) is 4.79 Å². The quantitative estimate of drug-likeness (QED) is 0.469. The van der Waals surface area contributed by atoms with E-state index in [4.69, 9.17) is 9.47 Å². The number of hydrogen-bond acceptors (Lipinski definition) is 6. The van der Waals surface area contributed by atoms with Crippen molar-refractivity contribution >= 4 is 21.4 Å². The number of carbonyl (C=O) groups is 1. The van der Waals surface area contributed by atoms with Crippen LogP contribution in [0.2, 0.25) is 0 Å². The van der Waals surface area contributed by atoms with Gasteiger partial charge in [-0.2, -0.15) is 0 Å². The number of ether oxygens (including phenoxy) is 2. The molecule has 2 N–H and O–H groups in total. The van der Waals surface area contributed by atoms with Crippen LogP contribution in [0.25, 0.3) is 0 Å². The van der Waals surface area contributed by atoms with E-state index in [0.29, 0.717) is 29.3 Å². The van der Waals surface area contributed by atoms with Gasteiger partial charge in [0.25, 0.3) is 5.91 Å². The van der Waals surface area contributed by atoms with Crippen molar-refractivity contribution in [2.24, 2.45) is 0 Å². The lowest BCUT2D eigenvalue weighted by Gasteiger charge is -2.18. The molecule has 7 nitrogen and oxygen atoms in total. The summed E-state index contributed by atoms with van der Waals surface area (Å²) in [6.07, 6.45) is 0. The van der Waals surface area contributed by atoms with Crippen molar-refractivity contribution in [3.8, 4) is 11.5 Å². The Hall–Kier alpha value is -3.52. The SMILES string of the molecule is COc1ccc(CNC(=O)c2ccccc2NC(C)CS(=O)(=O)c2ccccc2)cc1OC. The molecule has 1 amide bonds. The van der Waals surface area contributed by atoms with E-state index in [1.807, 2.05) is 6.07 Å². The van der Waals surface area contributed by atoms with E-state index in [9.17, 15) is 13.2 Å². The third kappa shape index (κ3) is 6.26. The van der Waals surface area contributed by atoms with Gasteiger partial charge in [0.1, 0.15) is 0 Å². The Morgan fingerprint density at radius 3 is 2.27 bits per heavy atom. The lowest BCUT2D eigenvalue weighted by atomic mass is 10.1. The molecule has 0 saturated heterocycles. The molecule has 174 valence electrons. The first-order chi connectivity index (χ1) is 15.8. The molecular formula is C25H28N2O5S. The third-order valence-electron chi connectivity index (χ3n) is 5.05. The average Bonchev–Trinajstić information content (AvgIpc) is 2.82. The largest absolute Gasteiger partial charge is 0.493 e. The Balaban J connectivity index is 1.68. The van der Waals surface area contributed by atoms with Crippen molar-refractivity contribution in [1.29, 1.82) is 0 Å². The minimum Gasteiger partial charge on any atom is -0.493 e. The van der Waals surface area contributed by atoms with Crippen LogP contribution in [0.4, 0.5) is 5.69 Å². The summed E-state index contributed by atoms with van der Waals surface area (Å²) in [7, 11) is -0.335. The van der Waals surface area contributed by atoms with Crippen LogP contribution < -0.4 is 20.1 Å². The fraction of sp³-hybridized carbons (Fsp3) is 0.240. The Morgan fingerprint density at radius 2 is 1.58 bits per heavy atom. The summed E-state index contributed by atoms with van der Waals surface area (Å²) in [6, 6.07) is 20.4. The lowest BCUT2D eigenvalue weighted by Crippen LogP contribution is -2.28. The highest BCUT2D eigenvalue weighted by Crippen LogP contribution is 2.27. The summed E-state index contributed by atoms with van der Waals surface area (Å²) in [4.78, 5) is 13.2. The number of rotatable bonds is 10. The number of sulfone groups is 1. The van der Waals surface area contributed by atoms with Crippen LogP contribution in [-0.4, -0.2) is 40.3 Å². The van der Waals surface area contributed by atoms with Gasteiger partial charge in [0.15, 0.2) is 21.3 Å². The van der Waals surface area contributed by atoms with Crippen LogP contribution in [-0.2, 0) is 16.4 Å². The number of hydrogen-bond donors (Lipinski definition) is 2. The molecule has 0 aliphatic carbocycles. The Kier molecular flexibility index (Phi) is 7.95. The molecule has 1 atom stereocenters. The summed E-state index contributed by atoms with van der Waals surface area (Å²) in [5.74, 6) is 0.825. The van der Waals surface area contributed by atoms with Crippen molar-refractivity contribution in [3.05, 3.63) is 83.9 Å². The number of methoxy groups -OCH3 is 2. The van der Waals surface area contributed by atoms with Crippen LogP contribution in [0.3, 0.4) is 0 Å². The van der Waals surface area contributed by atoms with Crippen LogP contribution >= 0.6 is 0 Å². The second kappa shape index (κ2) is 10.9. The Bertz CT molecular complexity index is 1200. The zero-order valence-corrected chi connectivity index (χ0v) is 19.7. The van der Waals surface area contributed by atoms with Gasteiger partial charge in [0.2, 0.25) is 0 Å². The molecule has 8 heteroatoms. The highest BCUT2D eigenvalue weighted by Gasteiger charge is 2.20. The molecule has 0 fully saturated rings. The first kappa shape index (κ1) is 24.1. The van der Waals surface area contributed by atoms with Gasteiger partial charge < -0.3 is 20.1 Å². The predicted molar refractivity (Wildman–Crippen MR) is 129 cm³/mol. The van der Waals surface area contributed by atoms with Crippen molar-refractivity contribution in [3.63, 3.8) is 0 Å². The van der Waals surface area contributed by atoms with Crippen LogP contribution in [0.1, 0.15) is 22.8 Å². The second-order valence-corrected chi connectivity index (χ2v) is 9.59. The van der Waals surface area contributed by atoms with E-state index in [1.54, 1.807) is 87.9 Å². The monoisotopic (exact) mass is 468 g/mol. The zero-order chi connectivity index (χ0) is 23.8. The fourth-order valence-corrected chi connectivity index (χ4v) is 4.94. The van der Waals surface area contributed by atoms with Gasteiger partial charge in [0, 0.05) is 18.3 Å². The molecular weight excluding hydrogens is 440 g/mol. The highest BCUT2D eigenvalue weighted by atomic mass is 32.2. The zero-order valence-electron chi connectivity index (χ0n) is 18.9. The maximum absolute atomic E-state index is 12.9. The molecule has 0 saturated carbocycles. The van der Waals surface area contributed by atoms with E-state index in [0.717, 1.165) is 5.56 Å². The number of anilines is 1. The summed E-state index contributed by atoms with van der Waals surface area (Å²) in [5, 5.41) is 6.07. The Morgan fingerprint density at radius 1 is 0.909 bits per heavy atom. The van der Waals surface area contributed by atoms with Crippen LogP contribution in [0, 0.1) is 0 Å². The first-order valence-corrected chi connectivity index (χ1v) is 12.1. The van der Waals surface area contributed by atoms with E-state index >= 15 is 0 Å². The summed E-state index contributed by atoms with van der Waals surface area (Å²) < 4.78 is 35.9. The molecule has 0 aliphatic heterocycles. The van der Waals surface area contributed by atoms with Gasteiger partial charge in [-0.15, -0.1) is 0 Å².